The summed E-state index contributed by atoms with van der Waals surface area (Å²) in [6, 6.07) is 47.4. The average Bonchev–Trinajstić information content (AvgIpc) is 3.28. The van der Waals surface area contributed by atoms with Crippen LogP contribution in [0.3, 0.4) is 0 Å². The van der Waals surface area contributed by atoms with Crippen LogP contribution in [0.25, 0.3) is 66.1 Å². The number of hydrogen-bond donors (Lipinski definition) is 3. The SMILES string of the molecule is O=C(O)c1ccc2c(-c3ccccc3)ccc([O-])c2n1.O=C(O)c1ccc2c(-c3ccccc3)ccc([O-])c2n1.O=C(O)c1ccc2c(-c3ccccc3)ccc([O-])c2n1.[Al+3]. The molecule has 0 spiro atoms. The number of carbonyl (C=O) groups is 3. The maximum atomic E-state index is 11.9. The molecule has 61 heavy (non-hydrogen) atoms. The predicted octanol–water partition coefficient (Wildman–Crippen LogP) is 7.64. The molecule has 0 radical (unpaired) electrons. The smallest absolute Gasteiger partial charge is 0.871 e. The number of carboxylic acid groups (broad SMARTS) is 3. The van der Waals surface area contributed by atoms with E-state index in [1.165, 1.54) is 36.4 Å². The number of carboxylic acids is 3. The Kier molecular flexibility index (Phi) is 13.0. The molecule has 3 aromatic heterocycles. The van der Waals surface area contributed by atoms with Gasteiger partial charge in [0, 0.05) is 16.2 Å². The standard InChI is InChI=1S/3C16H11NO3.Al/c3*18-14-9-7-11(10-4-2-1-3-5-10)12-6-8-13(16(19)20)17-15(12)14;/h3*1-9,18H,(H,19,20);/q;;;+3/p-3. The van der Waals surface area contributed by atoms with E-state index in [0.717, 1.165) is 33.4 Å². The van der Waals surface area contributed by atoms with Crippen LogP contribution in [0.2, 0.25) is 0 Å². The molecule has 0 fully saturated rings. The fraction of sp³-hybridized carbons (Fsp3) is 0. The van der Waals surface area contributed by atoms with Crippen molar-refractivity contribution in [2.24, 2.45) is 0 Å². The Bertz CT molecular complexity index is 2730. The minimum absolute atomic E-state index is 0. The van der Waals surface area contributed by atoms with Gasteiger partial charge in [0.15, 0.2) is 0 Å². The zero-order valence-corrected chi connectivity index (χ0v) is 33.0. The summed E-state index contributed by atoms with van der Waals surface area (Å²) in [7, 11) is 0. The molecule has 9 rings (SSSR count). The van der Waals surface area contributed by atoms with E-state index < -0.39 is 17.9 Å². The van der Waals surface area contributed by atoms with Crippen LogP contribution < -0.4 is 15.3 Å². The third-order valence-corrected chi connectivity index (χ3v) is 9.37. The molecular formula is C48H30AlN3O9. The number of aromatic carboxylic acids is 3. The van der Waals surface area contributed by atoms with Crippen molar-refractivity contribution < 1.29 is 45.0 Å². The van der Waals surface area contributed by atoms with Gasteiger partial charge in [-0.2, -0.15) is 0 Å². The molecule has 9 aromatic rings. The summed E-state index contributed by atoms with van der Waals surface area (Å²) >= 11 is 0. The third kappa shape index (κ3) is 9.29. The third-order valence-electron chi connectivity index (χ3n) is 9.37. The van der Waals surface area contributed by atoms with Gasteiger partial charge in [-0.15, -0.1) is 0 Å². The summed E-state index contributed by atoms with van der Waals surface area (Å²) in [4.78, 5) is 44.7. The maximum Gasteiger partial charge on any atom is 3.00 e. The first-order valence-electron chi connectivity index (χ1n) is 18.2. The first kappa shape index (κ1) is 42.5. The van der Waals surface area contributed by atoms with Crippen LogP contribution in [0, 0.1) is 0 Å². The van der Waals surface area contributed by atoms with Gasteiger partial charge >= 0.3 is 35.3 Å². The van der Waals surface area contributed by atoms with Crippen molar-refractivity contribution >= 4 is 68.0 Å². The molecule has 0 atom stereocenters. The average molecular weight is 820 g/mol. The second-order valence-corrected chi connectivity index (χ2v) is 13.1. The molecule has 6 aromatic carbocycles. The van der Waals surface area contributed by atoms with Gasteiger partial charge in [0.25, 0.3) is 0 Å². The van der Waals surface area contributed by atoms with E-state index in [4.69, 9.17) is 15.3 Å². The van der Waals surface area contributed by atoms with Gasteiger partial charge < -0.3 is 30.6 Å². The number of hydrogen-bond acceptors (Lipinski definition) is 9. The van der Waals surface area contributed by atoms with Crippen LogP contribution in [-0.2, 0) is 0 Å². The molecular weight excluding hydrogens is 790 g/mol. The van der Waals surface area contributed by atoms with Gasteiger partial charge in [0.05, 0.1) is 16.6 Å². The van der Waals surface area contributed by atoms with Crippen LogP contribution in [0.4, 0.5) is 0 Å². The van der Waals surface area contributed by atoms with Crippen molar-refractivity contribution in [1.82, 2.24) is 15.0 Å². The van der Waals surface area contributed by atoms with Gasteiger partial charge in [-0.3, -0.25) is 0 Å². The minimum Gasteiger partial charge on any atom is -0.871 e. The number of fused-ring (bicyclic) bond motifs is 3. The number of aromatic nitrogens is 3. The first-order valence-corrected chi connectivity index (χ1v) is 18.2. The van der Waals surface area contributed by atoms with E-state index in [0.29, 0.717) is 16.2 Å². The first-order chi connectivity index (χ1) is 29.0. The fourth-order valence-corrected chi connectivity index (χ4v) is 6.54. The topological polar surface area (TPSA) is 220 Å². The molecule has 0 amide bonds. The second kappa shape index (κ2) is 18.6. The van der Waals surface area contributed by atoms with Crippen molar-refractivity contribution in [3.63, 3.8) is 0 Å². The summed E-state index contributed by atoms with van der Waals surface area (Å²) in [5, 5.41) is 64.5. The van der Waals surface area contributed by atoms with Crippen molar-refractivity contribution in [3.05, 3.63) is 181 Å². The number of rotatable bonds is 6. The normalized spacial score (nSPS) is 10.4. The molecule has 13 heteroatoms. The van der Waals surface area contributed by atoms with E-state index in [-0.39, 0.29) is 68.2 Å². The van der Waals surface area contributed by atoms with Gasteiger partial charge in [0.2, 0.25) is 0 Å². The van der Waals surface area contributed by atoms with Crippen molar-refractivity contribution in [2.45, 2.75) is 0 Å². The van der Waals surface area contributed by atoms with Crippen molar-refractivity contribution in [2.75, 3.05) is 0 Å². The molecule has 0 saturated carbocycles. The molecule has 0 saturated heterocycles. The summed E-state index contributed by atoms with van der Waals surface area (Å²) in [6.07, 6.45) is 0. The molecule has 0 aliphatic rings. The molecule has 0 bridgehead atoms. The molecule has 3 heterocycles. The minimum atomic E-state index is -1.14. The summed E-state index contributed by atoms with van der Waals surface area (Å²) < 4.78 is 0. The summed E-state index contributed by atoms with van der Waals surface area (Å²) in [6.45, 7) is 0. The van der Waals surface area contributed by atoms with E-state index in [1.54, 1.807) is 36.4 Å². The molecule has 12 nitrogen and oxygen atoms in total. The molecule has 0 aliphatic heterocycles. The largest absolute Gasteiger partial charge is 3.00 e. The Morgan fingerprint density at radius 2 is 0.590 bits per heavy atom. The fourth-order valence-electron chi connectivity index (χ4n) is 6.54. The second-order valence-electron chi connectivity index (χ2n) is 13.1. The van der Waals surface area contributed by atoms with Crippen LogP contribution in [0.15, 0.2) is 164 Å². The van der Waals surface area contributed by atoms with Gasteiger partial charge in [-0.05, 0) is 69.8 Å². The Labute approximate surface area is 358 Å². The molecule has 0 unspecified atom stereocenters. The van der Waals surface area contributed by atoms with Crippen molar-refractivity contribution in [3.8, 4) is 50.6 Å². The van der Waals surface area contributed by atoms with Gasteiger partial charge in [0.1, 0.15) is 17.1 Å². The Hall–Kier alpha value is -8.11. The molecule has 3 N–H and O–H groups in total. The summed E-state index contributed by atoms with van der Waals surface area (Å²) in [5.74, 6) is -4.25. The van der Waals surface area contributed by atoms with E-state index in [1.807, 2.05) is 91.0 Å². The monoisotopic (exact) mass is 819 g/mol. The Morgan fingerprint density at radius 1 is 0.344 bits per heavy atom. The number of pyridine rings is 3. The quantitative estimate of drug-likeness (QED) is 0.138. The van der Waals surface area contributed by atoms with E-state index in [9.17, 15) is 29.7 Å². The predicted molar refractivity (Wildman–Crippen MR) is 227 cm³/mol. The summed E-state index contributed by atoms with van der Waals surface area (Å²) in [5.41, 5.74) is 5.66. The van der Waals surface area contributed by atoms with Gasteiger partial charge in [-0.25, -0.2) is 29.3 Å². The van der Waals surface area contributed by atoms with Crippen LogP contribution >= 0.6 is 0 Å². The Balaban J connectivity index is 0.000000152. The maximum absolute atomic E-state index is 11.9. The van der Waals surface area contributed by atoms with Crippen LogP contribution in [0.1, 0.15) is 31.5 Å². The van der Waals surface area contributed by atoms with E-state index in [2.05, 4.69) is 15.0 Å². The van der Waals surface area contributed by atoms with E-state index >= 15 is 0 Å². The molecule has 294 valence electrons. The van der Waals surface area contributed by atoms with Crippen LogP contribution in [0.5, 0.6) is 17.2 Å². The van der Waals surface area contributed by atoms with Crippen molar-refractivity contribution in [1.29, 1.82) is 0 Å². The molecule has 0 aliphatic carbocycles. The number of nitrogens with zero attached hydrogens (tertiary/aromatic N) is 3. The van der Waals surface area contributed by atoms with Crippen LogP contribution in [-0.4, -0.2) is 65.5 Å². The zero-order valence-electron chi connectivity index (χ0n) is 31.8. The number of benzene rings is 6. The Morgan fingerprint density at radius 3 is 0.820 bits per heavy atom. The zero-order chi connectivity index (χ0) is 42.3. The van der Waals surface area contributed by atoms with Gasteiger partial charge in [-0.1, -0.05) is 145 Å².